The maximum Gasteiger partial charge on any atom is 0.251 e. The zero-order chi connectivity index (χ0) is 19.9. The monoisotopic (exact) mass is 391 g/mol. The van der Waals surface area contributed by atoms with Crippen LogP contribution in [-0.4, -0.2) is 34.3 Å². The number of unbranched alkanes of at least 4 members (excludes halogenated alkanes) is 1. The fourth-order valence-corrected chi connectivity index (χ4v) is 3.09. The van der Waals surface area contributed by atoms with E-state index in [9.17, 15) is 13.2 Å². The lowest BCUT2D eigenvalue weighted by molar-refractivity contribution is 0.0950. The number of carbonyl (C=O) groups excluding carboxylic acids is 1. The van der Waals surface area contributed by atoms with Crippen molar-refractivity contribution in [2.45, 2.75) is 31.2 Å². The van der Waals surface area contributed by atoms with E-state index < -0.39 is 9.84 Å². The summed E-state index contributed by atoms with van der Waals surface area (Å²) in [7, 11) is -1.79. The number of amides is 1. The number of methoxy groups -OCH3 is 1. The SMILES string of the molecule is CCCCOc1ccc(CNC(=O)c2cccc(S(C)(=O)=O)c2)cc1OC. The molecule has 2 aromatic carbocycles. The second-order valence-corrected chi connectivity index (χ2v) is 8.19. The molecule has 0 fully saturated rings. The molecule has 0 heterocycles. The van der Waals surface area contributed by atoms with E-state index in [0.717, 1.165) is 24.7 Å². The van der Waals surface area contributed by atoms with Gasteiger partial charge in [0.25, 0.3) is 5.91 Å². The number of hydrogen-bond donors (Lipinski definition) is 1. The van der Waals surface area contributed by atoms with E-state index in [4.69, 9.17) is 9.47 Å². The topological polar surface area (TPSA) is 81.7 Å². The predicted molar refractivity (Wildman–Crippen MR) is 104 cm³/mol. The van der Waals surface area contributed by atoms with Crippen LogP contribution < -0.4 is 14.8 Å². The molecule has 2 rings (SSSR count). The van der Waals surface area contributed by atoms with Crippen molar-refractivity contribution < 1.29 is 22.7 Å². The van der Waals surface area contributed by atoms with Gasteiger partial charge in [0.2, 0.25) is 0 Å². The molecule has 6 nitrogen and oxygen atoms in total. The maximum atomic E-state index is 12.3. The molecule has 0 saturated heterocycles. The maximum absolute atomic E-state index is 12.3. The summed E-state index contributed by atoms with van der Waals surface area (Å²) in [4.78, 5) is 12.4. The summed E-state index contributed by atoms with van der Waals surface area (Å²) >= 11 is 0. The highest BCUT2D eigenvalue weighted by molar-refractivity contribution is 7.90. The highest BCUT2D eigenvalue weighted by atomic mass is 32.2. The third kappa shape index (κ3) is 5.99. The number of ether oxygens (including phenoxy) is 2. The van der Waals surface area contributed by atoms with Gasteiger partial charge in [-0.1, -0.05) is 25.5 Å². The number of carbonyl (C=O) groups is 1. The van der Waals surface area contributed by atoms with Crippen LogP contribution in [-0.2, 0) is 16.4 Å². The van der Waals surface area contributed by atoms with E-state index >= 15 is 0 Å². The van der Waals surface area contributed by atoms with Crippen molar-refractivity contribution in [2.24, 2.45) is 0 Å². The Kier molecular flexibility index (Phi) is 7.24. The number of rotatable bonds is 9. The minimum Gasteiger partial charge on any atom is -0.493 e. The van der Waals surface area contributed by atoms with Crippen LogP contribution >= 0.6 is 0 Å². The lowest BCUT2D eigenvalue weighted by Crippen LogP contribution is -2.23. The Morgan fingerprint density at radius 2 is 1.89 bits per heavy atom. The molecule has 7 heteroatoms. The predicted octanol–water partition coefficient (Wildman–Crippen LogP) is 3.21. The van der Waals surface area contributed by atoms with Gasteiger partial charge in [-0.2, -0.15) is 0 Å². The molecule has 0 saturated carbocycles. The second-order valence-electron chi connectivity index (χ2n) is 6.17. The molecular formula is C20H25NO5S. The van der Waals surface area contributed by atoms with Crippen LogP contribution in [0, 0.1) is 0 Å². The lowest BCUT2D eigenvalue weighted by Gasteiger charge is -2.12. The summed E-state index contributed by atoms with van der Waals surface area (Å²) in [5.74, 6) is 0.932. The highest BCUT2D eigenvalue weighted by Crippen LogP contribution is 2.28. The van der Waals surface area contributed by atoms with Crippen molar-refractivity contribution in [2.75, 3.05) is 20.0 Å². The van der Waals surface area contributed by atoms with Crippen molar-refractivity contribution in [1.82, 2.24) is 5.32 Å². The summed E-state index contributed by atoms with van der Waals surface area (Å²) in [5, 5.41) is 2.79. The summed E-state index contributed by atoms with van der Waals surface area (Å²) in [6, 6.07) is 11.5. The standard InChI is InChI=1S/C20H25NO5S/c1-4-5-11-26-18-10-9-15(12-19(18)25-2)14-21-20(22)16-7-6-8-17(13-16)27(3,23)24/h6-10,12-13H,4-5,11,14H2,1-3H3,(H,21,22). The Bertz CT molecular complexity index is 893. The first-order valence-electron chi connectivity index (χ1n) is 8.73. The Labute approximate surface area is 160 Å². The summed E-state index contributed by atoms with van der Waals surface area (Å²) in [6.07, 6.45) is 3.13. The molecule has 0 unspecified atom stereocenters. The molecule has 0 bridgehead atoms. The van der Waals surface area contributed by atoms with Gasteiger partial charge in [-0.3, -0.25) is 4.79 Å². The number of hydrogen-bond acceptors (Lipinski definition) is 5. The van der Waals surface area contributed by atoms with Gasteiger partial charge in [0.05, 0.1) is 18.6 Å². The largest absolute Gasteiger partial charge is 0.493 e. The Morgan fingerprint density at radius 3 is 2.56 bits per heavy atom. The lowest BCUT2D eigenvalue weighted by atomic mass is 10.1. The number of benzene rings is 2. The number of sulfone groups is 1. The van der Waals surface area contributed by atoms with Crippen LogP contribution in [0.3, 0.4) is 0 Å². The van der Waals surface area contributed by atoms with Gasteiger partial charge >= 0.3 is 0 Å². The van der Waals surface area contributed by atoms with E-state index in [1.165, 1.54) is 12.1 Å². The first kappa shape index (κ1) is 20.8. The molecular weight excluding hydrogens is 366 g/mol. The smallest absolute Gasteiger partial charge is 0.251 e. The van der Waals surface area contributed by atoms with Gasteiger partial charge in [0.1, 0.15) is 0 Å². The van der Waals surface area contributed by atoms with E-state index in [1.54, 1.807) is 19.2 Å². The zero-order valence-corrected chi connectivity index (χ0v) is 16.6. The Morgan fingerprint density at radius 1 is 1.11 bits per heavy atom. The second kappa shape index (κ2) is 9.41. The molecule has 0 aliphatic rings. The van der Waals surface area contributed by atoms with Gasteiger partial charge in [0, 0.05) is 18.4 Å². The summed E-state index contributed by atoms with van der Waals surface area (Å²) in [6.45, 7) is 3.01. The Balaban J connectivity index is 2.04. The number of nitrogens with one attached hydrogen (secondary N) is 1. The molecule has 1 N–H and O–H groups in total. The fraction of sp³-hybridized carbons (Fsp3) is 0.350. The molecule has 0 radical (unpaired) electrons. The summed E-state index contributed by atoms with van der Waals surface area (Å²) < 4.78 is 34.3. The van der Waals surface area contributed by atoms with Crippen LogP contribution in [0.5, 0.6) is 11.5 Å². The van der Waals surface area contributed by atoms with Crippen LogP contribution in [0.25, 0.3) is 0 Å². The van der Waals surface area contributed by atoms with Gasteiger partial charge < -0.3 is 14.8 Å². The third-order valence-corrected chi connectivity index (χ3v) is 5.07. The molecule has 2 aromatic rings. The average Bonchev–Trinajstić information content (AvgIpc) is 2.66. The molecule has 0 aliphatic carbocycles. The van der Waals surface area contributed by atoms with Crippen LogP contribution in [0.15, 0.2) is 47.4 Å². The van der Waals surface area contributed by atoms with E-state index in [-0.39, 0.29) is 17.3 Å². The van der Waals surface area contributed by atoms with Gasteiger partial charge in [-0.25, -0.2) is 8.42 Å². The van der Waals surface area contributed by atoms with Crippen molar-refractivity contribution in [3.05, 3.63) is 53.6 Å². The molecule has 0 atom stereocenters. The van der Waals surface area contributed by atoms with Crippen LogP contribution in [0.4, 0.5) is 0 Å². The third-order valence-electron chi connectivity index (χ3n) is 3.96. The fourth-order valence-electron chi connectivity index (χ4n) is 2.42. The normalized spacial score (nSPS) is 11.1. The molecule has 27 heavy (non-hydrogen) atoms. The van der Waals surface area contributed by atoms with Crippen molar-refractivity contribution in [3.8, 4) is 11.5 Å². The average molecular weight is 391 g/mol. The summed E-state index contributed by atoms with van der Waals surface area (Å²) in [5.41, 5.74) is 1.15. The highest BCUT2D eigenvalue weighted by Gasteiger charge is 2.12. The van der Waals surface area contributed by atoms with E-state index in [0.29, 0.717) is 23.7 Å². The van der Waals surface area contributed by atoms with Crippen molar-refractivity contribution in [1.29, 1.82) is 0 Å². The molecule has 0 aromatic heterocycles. The van der Waals surface area contributed by atoms with E-state index in [2.05, 4.69) is 12.2 Å². The minimum atomic E-state index is -3.36. The molecule has 146 valence electrons. The van der Waals surface area contributed by atoms with Crippen LogP contribution in [0.2, 0.25) is 0 Å². The molecule has 0 spiro atoms. The quantitative estimate of drug-likeness (QED) is 0.664. The molecule has 0 aliphatic heterocycles. The Hall–Kier alpha value is -2.54. The first-order chi connectivity index (χ1) is 12.8. The first-order valence-corrected chi connectivity index (χ1v) is 10.6. The van der Waals surface area contributed by atoms with Crippen LogP contribution in [0.1, 0.15) is 35.7 Å². The van der Waals surface area contributed by atoms with Gasteiger partial charge in [-0.05, 0) is 42.3 Å². The van der Waals surface area contributed by atoms with Crippen molar-refractivity contribution in [3.63, 3.8) is 0 Å². The van der Waals surface area contributed by atoms with Gasteiger partial charge in [-0.15, -0.1) is 0 Å². The molecule has 1 amide bonds. The van der Waals surface area contributed by atoms with Gasteiger partial charge in [0.15, 0.2) is 21.3 Å². The zero-order valence-electron chi connectivity index (χ0n) is 15.8. The van der Waals surface area contributed by atoms with Crippen molar-refractivity contribution >= 4 is 15.7 Å². The minimum absolute atomic E-state index is 0.116. The van der Waals surface area contributed by atoms with E-state index in [1.807, 2.05) is 18.2 Å².